The van der Waals surface area contributed by atoms with Crippen molar-refractivity contribution in [1.29, 1.82) is 0 Å². The predicted octanol–water partition coefficient (Wildman–Crippen LogP) is 4.10. The Morgan fingerprint density at radius 1 is 0.815 bits per heavy atom. The zero-order chi connectivity index (χ0) is 19.1. The van der Waals surface area contributed by atoms with Gasteiger partial charge in [0.25, 0.3) is 0 Å². The summed E-state index contributed by atoms with van der Waals surface area (Å²) in [7, 11) is 3.02. The fourth-order valence-electron chi connectivity index (χ4n) is 2.17. The van der Waals surface area contributed by atoms with Crippen LogP contribution in [0, 0.1) is 0 Å². The van der Waals surface area contributed by atoms with E-state index in [2.05, 4.69) is 20.6 Å². The lowest BCUT2D eigenvalue weighted by Gasteiger charge is -2.11. The van der Waals surface area contributed by atoms with Crippen LogP contribution >= 0.6 is 12.2 Å². The molecular formula is C19H18N4O3S. The van der Waals surface area contributed by atoms with Crippen molar-refractivity contribution in [2.75, 3.05) is 24.9 Å². The molecule has 0 spiro atoms. The van der Waals surface area contributed by atoms with Crippen LogP contribution in [0.2, 0.25) is 0 Å². The SMILES string of the molecule is COc1cc(OC)nc(Oc2ccc(NC(=S)Nc3ccccc3)cc2)n1. The Bertz CT molecular complexity index is 882. The first-order chi connectivity index (χ1) is 13.2. The quantitative estimate of drug-likeness (QED) is 0.617. The van der Waals surface area contributed by atoms with Gasteiger partial charge >= 0.3 is 6.01 Å². The highest BCUT2D eigenvalue weighted by atomic mass is 32.1. The molecule has 0 atom stereocenters. The Balaban J connectivity index is 1.62. The van der Waals surface area contributed by atoms with Crippen LogP contribution in [0.5, 0.6) is 23.5 Å². The van der Waals surface area contributed by atoms with Gasteiger partial charge in [0.05, 0.1) is 20.3 Å². The van der Waals surface area contributed by atoms with E-state index < -0.39 is 0 Å². The van der Waals surface area contributed by atoms with Crippen LogP contribution in [0.25, 0.3) is 0 Å². The largest absolute Gasteiger partial charge is 0.481 e. The predicted molar refractivity (Wildman–Crippen MR) is 108 cm³/mol. The standard InChI is InChI=1S/C19H18N4O3S/c1-24-16-12-17(25-2)23-18(22-16)26-15-10-8-14(9-11-15)21-19(27)20-13-6-4-3-5-7-13/h3-12H,1-2H3,(H2,20,21,27). The van der Waals surface area contributed by atoms with Gasteiger partial charge < -0.3 is 24.8 Å². The zero-order valence-corrected chi connectivity index (χ0v) is 15.6. The highest BCUT2D eigenvalue weighted by Crippen LogP contribution is 2.24. The second-order valence-electron chi connectivity index (χ2n) is 5.31. The van der Waals surface area contributed by atoms with Crippen LogP contribution in [-0.4, -0.2) is 29.3 Å². The lowest BCUT2D eigenvalue weighted by atomic mass is 10.3. The minimum absolute atomic E-state index is 0.133. The van der Waals surface area contributed by atoms with Gasteiger partial charge in [-0.3, -0.25) is 0 Å². The van der Waals surface area contributed by atoms with Crippen LogP contribution in [-0.2, 0) is 0 Å². The number of thiocarbonyl (C=S) groups is 1. The van der Waals surface area contributed by atoms with E-state index in [-0.39, 0.29) is 6.01 Å². The lowest BCUT2D eigenvalue weighted by molar-refractivity contribution is 0.348. The Morgan fingerprint density at radius 3 is 1.93 bits per heavy atom. The van der Waals surface area contributed by atoms with E-state index in [0.717, 1.165) is 11.4 Å². The van der Waals surface area contributed by atoms with E-state index in [4.69, 9.17) is 26.4 Å². The number of nitrogens with one attached hydrogen (secondary N) is 2. The van der Waals surface area contributed by atoms with Gasteiger partial charge in [-0.2, -0.15) is 9.97 Å². The number of nitrogens with zero attached hydrogens (tertiary/aromatic N) is 2. The molecular weight excluding hydrogens is 364 g/mol. The van der Waals surface area contributed by atoms with Crippen molar-refractivity contribution in [2.45, 2.75) is 0 Å². The molecule has 3 rings (SSSR count). The zero-order valence-electron chi connectivity index (χ0n) is 14.8. The van der Waals surface area contributed by atoms with Crippen molar-refractivity contribution in [1.82, 2.24) is 9.97 Å². The van der Waals surface area contributed by atoms with Crippen LogP contribution in [0.4, 0.5) is 11.4 Å². The summed E-state index contributed by atoms with van der Waals surface area (Å²) in [6.07, 6.45) is 0. The van der Waals surface area contributed by atoms with E-state index in [1.54, 1.807) is 18.2 Å². The Kier molecular flexibility index (Phi) is 6.01. The monoisotopic (exact) mass is 382 g/mol. The number of methoxy groups -OCH3 is 2. The van der Waals surface area contributed by atoms with E-state index >= 15 is 0 Å². The molecule has 1 heterocycles. The molecule has 0 saturated heterocycles. The van der Waals surface area contributed by atoms with Crippen LogP contribution in [0.1, 0.15) is 0 Å². The number of anilines is 2. The fraction of sp³-hybridized carbons (Fsp3) is 0.105. The maximum absolute atomic E-state index is 5.66. The summed E-state index contributed by atoms with van der Waals surface area (Å²) in [6.45, 7) is 0. The van der Waals surface area contributed by atoms with Gasteiger partial charge in [0.2, 0.25) is 11.8 Å². The average Bonchev–Trinajstić information content (AvgIpc) is 2.70. The first-order valence-electron chi connectivity index (χ1n) is 8.04. The summed E-state index contributed by atoms with van der Waals surface area (Å²) >= 11 is 5.31. The van der Waals surface area contributed by atoms with E-state index in [1.165, 1.54) is 14.2 Å². The summed E-state index contributed by atoms with van der Waals surface area (Å²) in [5, 5.41) is 6.72. The van der Waals surface area contributed by atoms with Crippen molar-refractivity contribution in [3.8, 4) is 23.5 Å². The first kappa shape index (κ1) is 18.4. The number of ether oxygens (including phenoxy) is 3. The number of aromatic nitrogens is 2. The van der Waals surface area contributed by atoms with Crippen molar-refractivity contribution in [3.05, 3.63) is 60.7 Å². The molecule has 7 nitrogen and oxygen atoms in total. The smallest absolute Gasteiger partial charge is 0.328 e. The third kappa shape index (κ3) is 5.29. The third-order valence-electron chi connectivity index (χ3n) is 3.43. The van der Waals surface area contributed by atoms with Crippen LogP contribution < -0.4 is 24.8 Å². The second kappa shape index (κ2) is 8.81. The molecule has 2 aromatic carbocycles. The molecule has 27 heavy (non-hydrogen) atoms. The maximum Gasteiger partial charge on any atom is 0.328 e. The molecule has 0 amide bonds. The molecule has 0 aliphatic rings. The minimum atomic E-state index is 0.133. The fourth-order valence-corrected chi connectivity index (χ4v) is 2.40. The molecule has 0 bridgehead atoms. The first-order valence-corrected chi connectivity index (χ1v) is 8.45. The number of hydrogen-bond donors (Lipinski definition) is 2. The lowest BCUT2D eigenvalue weighted by Crippen LogP contribution is -2.18. The van der Waals surface area contributed by atoms with Gasteiger partial charge in [-0.1, -0.05) is 18.2 Å². The van der Waals surface area contributed by atoms with E-state index in [1.807, 2.05) is 42.5 Å². The number of rotatable bonds is 6. The van der Waals surface area contributed by atoms with Crippen molar-refractivity contribution in [3.63, 3.8) is 0 Å². The van der Waals surface area contributed by atoms with Crippen LogP contribution in [0.3, 0.4) is 0 Å². The molecule has 3 aromatic rings. The summed E-state index contributed by atoms with van der Waals surface area (Å²) in [5.74, 6) is 1.28. The second-order valence-corrected chi connectivity index (χ2v) is 5.72. The summed E-state index contributed by atoms with van der Waals surface area (Å²) < 4.78 is 15.9. The third-order valence-corrected chi connectivity index (χ3v) is 3.63. The number of para-hydroxylation sites is 1. The molecule has 0 aliphatic heterocycles. The van der Waals surface area contributed by atoms with Gasteiger partial charge in [-0.25, -0.2) is 0 Å². The maximum atomic E-state index is 5.66. The molecule has 0 radical (unpaired) electrons. The van der Waals surface area contributed by atoms with E-state index in [0.29, 0.717) is 22.6 Å². The Morgan fingerprint density at radius 2 is 1.37 bits per heavy atom. The average molecular weight is 382 g/mol. The summed E-state index contributed by atoms with van der Waals surface area (Å²) in [5.41, 5.74) is 1.74. The molecule has 2 N–H and O–H groups in total. The molecule has 0 saturated carbocycles. The van der Waals surface area contributed by atoms with Gasteiger partial charge in [0.15, 0.2) is 5.11 Å². The number of hydrogen-bond acceptors (Lipinski definition) is 6. The minimum Gasteiger partial charge on any atom is -0.481 e. The Labute approximate surface area is 162 Å². The summed E-state index contributed by atoms with van der Waals surface area (Å²) in [4.78, 5) is 8.26. The number of benzene rings is 2. The van der Waals surface area contributed by atoms with Gasteiger partial charge in [0.1, 0.15) is 5.75 Å². The summed E-state index contributed by atoms with van der Waals surface area (Å²) in [6, 6.07) is 18.6. The van der Waals surface area contributed by atoms with Crippen molar-refractivity contribution < 1.29 is 14.2 Å². The molecule has 8 heteroatoms. The van der Waals surface area contributed by atoms with Gasteiger partial charge in [-0.05, 0) is 48.6 Å². The van der Waals surface area contributed by atoms with Crippen molar-refractivity contribution in [2.24, 2.45) is 0 Å². The van der Waals surface area contributed by atoms with Gasteiger partial charge in [0, 0.05) is 11.4 Å². The highest BCUT2D eigenvalue weighted by molar-refractivity contribution is 7.80. The normalized spacial score (nSPS) is 10.0. The molecule has 138 valence electrons. The van der Waals surface area contributed by atoms with Crippen LogP contribution in [0.15, 0.2) is 60.7 Å². The van der Waals surface area contributed by atoms with Crippen molar-refractivity contribution >= 4 is 28.7 Å². The topological polar surface area (TPSA) is 77.5 Å². The molecule has 1 aromatic heterocycles. The molecule has 0 aliphatic carbocycles. The highest BCUT2D eigenvalue weighted by Gasteiger charge is 2.08. The molecule has 0 unspecified atom stereocenters. The Hall–Kier alpha value is -3.39. The van der Waals surface area contributed by atoms with E-state index in [9.17, 15) is 0 Å². The van der Waals surface area contributed by atoms with Gasteiger partial charge in [-0.15, -0.1) is 0 Å². The molecule has 0 fully saturated rings.